The number of hydrogen-bond donors (Lipinski definition) is 2. The number of rotatable bonds is 2. The number of hydrogen-bond acceptors (Lipinski definition) is 1. The van der Waals surface area contributed by atoms with Crippen LogP contribution in [0.4, 0.5) is 5.69 Å². The number of nitrogens with one attached hydrogen (secondary N) is 2. The van der Waals surface area contributed by atoms with E-state index in [0.717, 1.165) is 21.1 Å². The summed E-state index contributed by atoms with van der Waals surface area (Å²) in [6.45, 7) is 0. The molecule has 0 aliphatic carbocycles. The van der Waals surface area contributed by atoms with Gasteiger partial charge in [0.05, 0.1) is 5.69 Å². The molecule has 0 fully saturated rings. The predicted molar refractivity (Wildman–Crippen MR) is 80.4 cm³/mol. The number of aromatic nitrogens is 1. The van der Waals surface area contributed by atoms with Crippen LogP contribution in [-0.2, 0) is 0 Å². The van der Waals surface area contributed by atoms with Gasteiger partial charge < -0.3 is 10.3 Å². The van der Waals surface area contributed by atoms with Crippen LogP contribution in [0, 0.1) is 0 Å². The van der Waals surface area contributed by atoms with E-state index in [-0.39, 0.29) is 5.91 Å². The Morgan fingerprint density at radius 2 is 1.95 bits per heavy atom. The molecule has 3 rings (SSSR count). The number of H-pyrrole nitrogens is 1. The second kappa shape index (κ2) is 4.90. The Kier molecular flexibility index (Phi) is 3.09. The van der Waals surface area contributed by atoms with E-state index < -0.39 is 0 Å². The van der Waals surface area contributed by atoms with Gasteiger partial charge in [-0.1, -0.05) is 12.1 Å². The molecule has 3 aromatic rings. The molecule has 1 heterocycles. The van der Waals surface area contributed by atoms with Gasteiger partial charge in [-0.3, -0.25) is 4.79 Å². The summed E-state index contributed by atoms with van der Waals surface area (Å²) in [5.74, 6) is -0.116. The number of aromatic amines is 1. The zero-order valence-electron chi connectivity index (χ0n) is 9.98. The Balaban J connectivity index is 1.89. The summed E-state index contributed by atoms with van der Waals surface area (Å²) in [5.41, 5.74) is 2.43. The molecule has 0 spiro atoms. The monoisotopic (exact) mass is 314 g/mol. The van der Waals surface area contributed by atoms with Crippen molar-refractivity contribution in [1.82, 2.24) is 4.98 Å². The standard InChI is InChI=1S/C15H11BrN2O/c16-12-3-1-2-4-14(12)18-15(19)11-5-6-13-10(9-11)7-8-17-13/h1-9,17H,(H,18,19). The van der Waals surface area contributed by atoms with E-state index >= 15 is 0 Å². The van der Waals surface area contributed by atoms with E-state index in [4.69, 9.17) is 0 Å². The lowest BCUT2D eigenvalue weighted by molar-refractivity contribution is 0.102. The Bertz CT molecular complexity index is 748. The van der Waals surface area contributed by atoms with Gasteiger partial charge in [0.25, 0.3) is 5.91 Å². The van der Waals surface area contributed by atoms with Gasteiger partial charge in [0, 0.05) is 27.1 Å². The molecule has 1 amide bonds. The van der Waals surface area contributed by atoms with Crippen LogP contribution in [0.2, 0.25) is 0 Å². The van der Waals surface area contributed by atoms with Gasteiger partial charge in [-0.2, -0.15) is 0 Å². The topological polar surface area (TPSA) is 44.9 Å². The SMILES string of the molecule is O=C(Nc1ccccc1Br)c1ccc2[nH]ccc2c1. The highest BCUT2D eigenvalue weighted by atomic mass is 79.9. The molecule has 0 bridgehead atoms. The average molecular weight is 315 g/mol. The molecular formula is C15H11BrN2O. The third-order valence-corrected chi connectivity index (χ3v) is 3.63. The molecule has 1 aromatic heterocycles. The fourth-order valence-electron chi connectivity index (χ4n) is 1.95. The van der Waals surface area contributed by atoms with Crippen LogP contribution >= 0.6 is 15.9 Å². The third-order valence-electron chi connectivity index (χ3n) is 2.94. The van der Waals surface area contributed by atoms with Crippen molar-refractivity contribution >= 4 is 38.4 Å². The van der Waals surface area contributed by atoms with E-state index in [1.165, 1.54) is 0 Å². The number of carbonyl (C=O) groups excluding carboxylic acids is 1. The maximum atomic E-state index is 12.2. The molecule has 0 saturated carbocycles. The highest BCUT2D eigenvalue weighted by Crippen LogP contribution is 2.22. The van der Waals surface area contributed by atoms with Crippen LogP contribution in [0.1, 0.15) is 10.4 Å². The molecule has 94 valence electrons. The van der Waals surface area contributed by atoms with Crippen LogP contribution in [0.3, 0.4) is 0 Å². The van der Waals surface area contributed by atoms with Crippen molar-refractivity contribution in [2.45, 2.75) is 0 Å². The molecule has 2 aromatic carbocycles. The lowest BCUT2D eigenvalue weighted by atomic mass is 10.1. The zero-order chi connectivity index (χ0) is 13.2. The number of amides is 1. The Labute approximate surface area is 118 Å². The third kappa shape index (κ3) is 2.39. The average Bonchev–Trinajstić information content (AvgIpc) is 2.88. The highest BCUT2D eigenvalue weighted by molar-refractivity contribution is 9.10. The van der Waals surface area contributed by atoms with Gasteiger partial charge in [0.2, 0.25) is 0 Å². The van der Waals surface area contributed by atoms with Crippen molar-refractivity contribution in [1.29, 1.82) is 0 Å². The van der Waals surface area contributed by atoms with Gasteiger partial charge in [0.15, 0.2) is 0 Å². The first-order chi connectivity index (χ1) is 9.24. The minimum absolute atomic E-state index is 0.116. The lowest BCUT2D eigenvalue weighted by Gasteiger charge is -2.07. The Hall–Kier alpha value is -2.07. The first-order valence-corrected chi connectivity index (χ1v) is 6.66. The molecule has 0 saturated heterocycles. The van der Waals surface area contributed by atoms with Gasteiger partial charge in [-0.05, 0) is 52.3 Å². The fraction of sp³-hybridized carbons (Fsp3) is 0. The molecule has 0 aliphatic heterocycles. The molecule has 3 nitrogen and oxygen atoms in total. The second-order valence-corrected chi connectivity index (χ2v) is 5.07. The van der Waals surface area contributed by atoms with Crippen molar-refractivity contribution in [3.8, 4) is 0 Å². The molecule has 2 N–H and O–H groups in total. The first-order valence-electron chi connectivity index (χ1n) is 5.87. The second-order valence-electron chi connectivity index (χ2n) is 4.21. The number of anilines is 1. The zero-order valence-corrected chi connectivity index (χ0v) is 11.6. The summed E-state index contributed by atoms with van der Waals surface area (Å²) >= 11 is 3.41. The van der Waals surface area contributed by atoms with Crippen molar-refractivity contribution in [2.75, 3.05) is 5.32 Å². The van der Waals surface area contributed by atoms with Crippen molar-refractivity contribution < 1.29 is 4.79 Å². The van der Waals surface area contributed by atoms with Gasteiger partial charge in [-0.25, -0.2) is 0 Å². The molecule has 0 unspecified atom stereocenters. The normalized spacial score (nSPS) is 10.6. The predicted octanol–water partition coefficient (Wildman–Crippen LogP) is 4.18. The van der Waals surface area contributed by atoms with E-state index in [1.807, 2.05) is 54.7 Å². The van der Waals surface area contributed by atoms with Crippen LogP contribution in [0.15, 0.2) is 59.2 Å². The van der Waals surface area contributed by atoms with E-state index in [9.17, 15) is 4.79 Å². The van der Waals surface area contributed by atoms with Crippen LogP contribution in [-0.4, -0.2) is 10.9 Å². The van der Waals surface area contributed by atoms with Crippen LogP contribution < -0.4 is 5.32 Å². The number of fused-ring (bicyclic) bond motifs is 1. The first kappa shape index (κ1) is 12.0. The van der Waals surface area contributed by atoms with Crippen LogP contribution in [0.25, 0.3) is 10.9 Å². The largest absolute Gasteiger partial charge is 0.361 e. The molecule has 19 heavy (non-hydrogen) atoms. The summed E-state index contributed by atoms with van der Waals surface area (Å²) in [5, 5.41) is 3.91. The summed E-state index contributed by atoms with van der Waals surface area (Å²) in [4.78, 5) is 15.3. The van der Waals surface area contributed by atoms with E-state index in [1.54, 1.807) is 0 Å². The van der Waals surface area contributed by atoms with Gasteiger partial charge in [0.1, 0.15) is 0 Å². The lowest BCUT2D eigenvalue weighted by Crippen LogP contribution is -2.12. The molecule has 0 radical (unpaired) electrons. The Morgan fingerprint density at radius 3 is 2.79 bits per heavy atom. The quantitative estimate of drug-likeness (QED) is 0.732. The van der Waals surface area contributed by atoms with Crippen LogP contribution in [0.5, 0.6) is 0 Å². The minimum Gasteiger partial charge on any atom is -0.361 e. The number of halogens is 1. The summed E-state index contributed by atoms with van der Waals surface area (Å²) in [6, 6.07) is 15.1. The highest BCUT2D eigenvalue weighted by Gasteiger charge is 2.08. The molecule has 4 heteroatoms. The maximum absolute atomic E-state index is 12.2. The fourth-order valence-corrected chi connectivity index (χ4v) is 2.34. The van der Waals surface area contributed by atoms with Crippen molar-refractivity contribution in [3.63, 3.8) is 0 Å². The molecule has 0 aliphatic rings. The van der Waals surface area contributed by atoms with Gasteiger partial charge >= 0.3 is 0 Å². The summed E-state index contributed by atoms with van der Waals surface area (Å²) < 4.78 is 0.867. The molecule has 0 atom stereocenters. The van der Waals surface area contributed by atoms with Crippen molar-refractivity contribution in [2.24, 2.45) is 0 Å². The number of para-hydroxylation sites is 1. The number of carbonyl (C=O) groups is 1. The Morgan fingerprint density at radius 1 is 1.11 bits per heavy atom. The smallest absolute Gasteiger partial charge is 0.255 e. The van der Waals surface area contributed by atoms with E-state index in [2.05, 4.69) is 26.2 Å². The summed E-state index contributed by atoms with van der Waals surface area (Å²) in [7, 11) is 0. The maximum Gasteiger partial charge on any atom is 0.255 e. The number of benzene rings is 2. The summed E-state index contributed by atoms with van der Waals surface area (Å²) in [6.07, 6.45) is 1.86. The van der Waals surface area contributed by atoms with Crippen molar-refractivity contribution in [3.05, 3.63) is 64.8 Å². The minimum atomic E-state index is -0.116. The van der Waals surface area contributed by atoms with E-state index in [0.29, 0.717) is 5.56 Å². The van der Waals surface area contributed by atoms with Gasteiger partial charge in [-0.15, -0.1) is 0 Å². The molecular weight excluding hydrogens is 304 g/mol.